The van der Waals surface area contributed by atoms with Crippen LogP contribution in [0.15, 0.2) is 29.0 Å². The Morgan fingerprint density at radius 1 is 1.58 bits per heavy atom. The van der Waals surface area contributed by atoms with Crippen LogP contribution in [0, 0.1) is 0 Å². The van der Waals surface area contributed by atoms with E-state index in [-0.39, 0.29) is 0 Å². The first-order valence-electron chi connectivity index (χ1n) is 4.05. The molecule has 1 aromatic rings. The quantitative estimate of drug-likeness (QED) is 0.571. The van der Waals surface area contributed by atoms with Gasteiger partial charge in [-0.15, -0.1) is 0 Å². The Balaban J connectivity index is 2.41. The molecule has 0 atom stereocenters. The van der Waals surface area contributed by atoms with Crippen molar-refractivity contribution in [3.8, 4) is 0 Å². The smallest absolute Gasteiger partial charge is 0.252 e. The Labute approximate surface area is 81.3 Å². The molecule has 0 spiro atoms. The number of nitrogens with zero attached hydrogens (tertiary/aromatic N) is 1. The molecule has 0 fully saturated rings. The van der Waals surface area contributed by atoms with E-state index in [0.717, 1.165) is 17.5 Å². The predicted octanol–water partition coefficient (Wildman–Crippen LogP) is 2.12. The van der Waals surface area contributed by atoms with Gasteiger partial charge in [0.1, 0.15) is 0 Å². The van der Waals surface area contributed by atoms with Crippen LogP contribution in [0.3, 0.4) is 0 Å². The van der Waals surface area contributed by atoms with Crippen molar-refractivity contribution in [2.75, 3.05) is 6.61 Å². The molecule has 1 aromatic heterocycles. The molecule has 3 heteroatoms. The van der Waals surface area contributed by atoms with Gasteiger partial charge in [0, 0.05) is 6.07 Å². The summed E-state index contributed by atoms with van der Waals surface area (Å²) in [6, 6.07) is 3.98. The maximum Gasteiger partial charge on any atom is 0.252 e. The summed E-state index contributed by atoms with van der Waals surface area (Å²) in [5, 5.41) is 0. The molecule has 1 rings (SSSR count). The fourth-order valence-electron chi connectivity index (χ4n) is 0.885. The zero-order valence-corrected chi connectivity index (χ0v) is 8.75. The fraction of sp³-hybridized carbons (Fsp3) is 0.444. The molecule has 0 aliphatic heterocycles. The number of halogens is 1. The van der Waals surface area contributed by atoms with Crippen LogP contribution in [-0.4, -0.2) is 6.61 Å². The lowest BCUT2D eigenvalue weighted by Crippen LogP contribution is -2.34. The van der Waals surface area contributed by atoms with Gasteiger partial charge in [0.15, 0.2) is 12.4 Å². The summed E-state index contributed by atoms with van der Waals surface area (Å²) in [7, 11) is 0. The molecule has 1 heterocycles. The Morgan fingerprint density at radius 2 is 2.42 bits per heavy atom. The van der Waals surface area contributed by atoms with E-state index < -0.39 is 0 Å². The van der Waals surface area contributed by atoms with Gasteiger partial charge in [-0.3, -0.25) is 0 Å². The summed E-state index contributed by atoms with van der Waals surface area (Å²) < 4.78 is 8.44. The molecule has 0 saturated heterocycles. The summed E-state index contributed by atoms with van der Waals surface area (Å²) in [4.78, 5) is 0. The van der Waals surface area contributed by atoms with Crippen LogP contribution in [0.5, 0.6) is 0 Å². The van der Waals surface area contributed by atoms with Crippen molar-refractivity contribution in [2.24, 2.45) is 0 Å². The van der Waals surface area contributed by atoms with Gasteiger partial charge in [0.25, 0.3) is 6.73 Å². The van der Waals surface area contributed by atoms with E-state index in [9.17, 15) is 0 Å². The van der Waals surface area contributed by atoms with Gasteiger partial charge in [-0.05, 0) is 28.4 Å². The highest BCUT2D eigenvalue weighted by Gasteiger charge is 1.98. The summed E-state index contributed by atoms with van der Waals surface area (Å²) >= 11 is 3.39. The largest absolute Gasteiger partial charge is 0.323 e. The van der Waals surface area contributed by atoms with E-state index in [4.69, 9.17) is 4.74 Å². The molecule has 0 bridgehead atoms. The van der Waals surface area contributed by atoms with Gasteiger partial charge >= 0.3 is 0 Å². The highest BCUT2D eigenvalue weighted by Crippen LogP contribution is 2.02. The minimum Gasteiger partial charge on any atom is -0.323 e. The lowest BCUT2D eigenvalue weighted by molar-refractivity contribution is -0.733. The van der Waals surface area contributed by atoms with Crippen molar-refractivity contribution in [2.45, 2.75) is 20.1 Å². The van der Waals surface area contributed by atoms with Gasteiger partial charge in [-0.1, -0.05) is 6.92 Å². The standard InChI is InChI=1S/C9H13BrNO/c1-2-6-12-8-11-5-3-4-9(10)7-11/h3-5,7H,2,6,8H2,1H3/q+1. The SMILES string of the molecule is CCCOC[n+]1cccc(Br)c1. The third-order valence-electron chi connectivity index (χ3n) is 1.41. The average molecular weight is 231 g/mol. The first-order chi connectivity index (χ1) is 5.83. The minimum atomic E-state index is 0.632. The second kappa shape index (κ2) is 5.27. The topological polar surface area (TPSA) is 13.1 Å². The average Bonchev–Trinajstić information content (AvgIpc) is 2.05. The van der Waals surface area contributed by atoms with E-state index in [1.807, 2.05) is 29.1 Å². The summed E-state index contributed by atoms with van der Waals surface area (Å²) in [6.45, 7) is 3.55. The molecule has 0 unspecified atom stereocenters. The van der Waals surface area contributed by atoms with Crippen molar-refractivity contribution in [3.63, 3.8) is 0 Å². The van der Waals surface area contributed by atoms with E-state index in [0.29, 0.717) is 6.73 Å². The van der Waals surface area contributed by atoms with Crippen molar-refractivity contribution in [3.05, 3.63) is 29.0 Å². The number of pyridine rings is 1. The number of ether oxygens (including phenoxy) is 1. The van der Waals surface area contributed by atoms with E-state index in [1.165, 1.54) is 0 Å². The molecule has 0 saturated carbocycles. The molecule has 12 heavy (non-hydrogen) atoms. The fourth-order valence-corrected chi connectivity index (χ4v) is 1.30. The maximum absolute atomic E-state index is 5.37. The molecule has 0 aliphatic carbocycles. The molecule has 0 N–H and O–H groups in total. The third-order valence-corrected chi connectivity index (χ3v) is 1.88. The van der Waals surface area contributed by atoms with Crippen LogP contribution in [0.4, 0.5) is 0 Å². The molecule has 0 amide bonds. The Hall–Kier alpha value is -0.410. The summed E-state index contributed by atoms with van der Waals surface area (Å²) in [6.07, 6.45) is 5.05. The zero-order chi connectivity index (χ0) is 8.81. The first-order valence-corrected chi connectivity index (χ1v) is 4.84. The molecule has 2 nitrogen and oxygen atoms in total. The summed E-state index contributed by atoms with van der Waals surface area (Å²) in [5.41, 5.74) is 0. The highest BCUT2D eigenvalue weighted by atomic mass is 79.9. The predicted molar refractivity (Wildman–Crippen MR) is 50.6 cm³/mol. The maximum atomic E-state index is 5.37. The molecular formula is C9H13BrNO+. The van der Waals surface area contributed by atoms with E-state index in [2.05, 4.69) is 22.9 Å². The van der Waals surface area contributed by atoms with E-state index >= 15 is 0 Å². The zero-order valence-electron chi connectivity index (χ0n) is 7.16. The Morgan fingerprint density at radius 3 is 3.08 bits per heavy atom. The second-order valence-electron chi connectivity index (χ2n) is 2.57. The van der Waals surface area contributed by atoms with Crippen LogP contribution in [-0.2, 0) is 11.5 Å². The molecular weight excluding hydrogens is 218 g/mol. The lowest BCUT2D eigenvalue weighted by atomic mass is 10.5. The van der Waals surface area contributed by atoms with Gasteiger partial charge in [0.05, 0.1) is 11.1 Å². The van der Waals surface area contributed by atoms with Crippen LogP contribution in [0.25, 0.3) is 0 Å². The van der Waals surface area contributed by atoms with Crippen molar-refractivity contribution < 1.29 is 9.30 Å². The normalized spacial score (nSPS) is 10.2. The van der Waals surface area contributed by atoms with Crippen LogP contribution >= 0.6 is 15.9 Å². The Bertz CT molecular complexity index is 240. The molecule has 0 aliphatic rings. The monoisotopic (exact) mass is 230 g/mol. The van der Waals surface area contributed by atoms with Crippen LogP contribution in [0.1, 0.15) is 13.3 Å². The molecule has 66 valence electrons. The first kappa shape index (κ1) is 9.68. The number of hydrogen-bond donors (Lipinski definition) is 0. The summed E-state index contributed by atoms with van der Waals surface area (Å²) in [5.74, 6) is 0. The number of hydrogen-bond acceptors (Lipinski definition) is 1. The van der Waals surface area contributed by atoms with Crippen LogP contribution in [0.2, 0.25) is 0 Å². The van der Waals surface area contributed by atoms with Crippen LogP contribution < -0.4 is 4.57 Å². The van der Waals surface area contributed by atoms with E-state index in [1.54, 1.807) is 0 Å². The van der Waals surface area contributed by atoms with Gasteiger partial charge < -0.3 is 4.74 Å². The van der Waals surface area contributed by atoms with Crippen molar-refractivity contribution in [1.29, 1.82) is 0 Å². The van der Waals surface area contributed by atoms with Crippen molar-refractivity contribution >= 4 is 15.9 Å². The second-order valence-corrected chi connectivity index (χ2v) is 3.49. The van der Waals surface area contributed by atoms with Gasteiger partial charge in [-0.2, -0.15) is 4.57 Å². The number of aromatic nitrogens is 1. The molecule has 0 radical (unpaired) electrons. The van der Waals surface area contributed by atoms with Gasteiger partial charge in [-0.25, -0.2) is 0 Å². The Kier molecular flexibility index (Phi) is 4.25. The highest BCUT2D eigenvalue weighted by molar-refractivity contribution is 9.10. The minimum absolute atomic E-state index is 0.632. The van der Waals surface area contributed by atoms with Gasteiger partial charge in [0.2, 0.25) is 0 Å². The number of rotatable bonds is 4. The molecule has 0 aromatic carbocycles. The third kappa shape index (κ3) is 3.32. The lowest BCUT2D eigenvalue weighted by Gasteiger charge is -1.97. The van der Waals surface area contributed by atoms with Crippen molar-refractivity contribution in [1.82, 2.24) is 0 Å².